The van der Waals surface area contributed by atoms with Crippen LogP contribution in [-0.2, 0) is 4.79 Å². The van der Waals surface area contributed by atoms with E-state index in [9.17, 15) is 13.6 Å². The van der Waals surface area contributed by atoms with Crippen LogP contribution in [0.25, 0.3) is 0 Å². The Hall–Kier alpha value is -1.65. The van der Waals surface area contributed by atoms with Gasteiger partial charge in [-0.25, -0.2) is 8.78 Å². The number of hydrogen-bond acceptors (Lipinski definition) is 2. The molecule has 0 amide bonds. The van der Waals surface area contributed by atoms with E-state index in [2.05, 4.69) is 0 Å². The zero-order valence-electron chi connectivity index (χ0n) is 8.69. The minimum atomic E-state index is -2.52. The molecule has 1 atom stereocenters. The van der Waals surface area contributed by atoms with Crippen molar-refractivity contribution in [3.05, 3.63) is 29.8 Å². The Morgan fingerprint density at radius 2 is 1.94 bits per heavy atom. The summed E-state index contributed by atoms with van der Waals surface area (Å²) in [6.07, 6.45) is -2.52. The van der Waals surface area contributed by atoms with Gasteiger partial charge < -0.3 is 9.84 Å². The first kappa shape index (κ1) is 12.4. The molecule has 0 aliphatic rings. The fourth-order valence-corrected chi connectivity index (χ4v) is 1.15. The number of carbonyl (C=O) groups is 1. The highest BCUT2D eigenvalue weighted by Crippen LogP contribution is 2.19. The maximum absolute atomic E-state index is 11.8. The number of benzene rings is 1. The minimum absolute atomic E-state index is 0.307. The highest BCUT2D eigenvalue weighted by Gasteiger charge is 2.13. The molecule has 0 aromatic heterocycles. The van der Waals surface area contributed by atoms with Gasteiger partial charge in [0.05, 0.1) is 5.92 Å². The molecule has 0 aliphatic heterocycles. The lowest BCUT2D eigenvalue weighted by Gasteiger charge is -2.08. The Morgan fingerprint density at radius 1 is 1.38 bits per heavy atom. The molecule has 0 heterocycles. The summed E-state index contributed by atoms with van der Waals surface area (Å²) in [5.74, 6) is -1.24. The fourth-order valence-electron chi connectivity index (χ4n) is 1.15. The molecule has 1 aromatic carbocycles. The van der Waals surface area contributed by atoms with Crippen LogP contribution in [0.4, 0.5) is 8.78 Å². The maximum Gasteiger partial charge on any atom is 0.310 e. The summed E-state index contributed by atoms with van der Waals surface area (Å²) in [5.41, 5.74) is 0.608. The SMILES string of the molecule is CC(C(=O)O)c1ccc(OCC(F)F)cc1. The second-order valence-corrected chi connectivity index (χ2v) is 3.33. The Labute approximate surface area is 91.7 Å². The van der Waals surface area contributed by atoms with Crippen LogP contribution in [0.3, 0.4) is 0 Å². The first-order valence-corrected chi connectivity index (χ1v) is 4.74. The fraction of sp³-hybridized carbons (Fsp3) is 0.364. The van der Waals surface area contributed by atoms with E-state index in [4.69, 9.17) is 9.84 Å². The number of carboxylic acid groups (broad SMARTS) is 1. The largest absolute Gasteiger partial charge is 0.488 e. The van der Waals surface area contributed by atoms with Gasteiger partial charge in [-0.3, -0.25) is 4.79 Å². The van der Waals surface area contributed by atoms with Crippen LogP contribution < -0.4 is 4.74 Å². The van der Waals surface area contributed by atoms with Crippen molar-refractivity contribution in [2.75, 3.05) is 6.61 Å². The lowest BCUT2D eigenvalue weighted by Crippen LogP contribution is -2.08. The first-order valence-electron chi connectivity index (χ1n) is 4.74. The van der Waals surface area contributed by atoms with Gasteiger partial charge >= 0.3 is 5.97 Å². The monoisotopic (exact) mass is 230 g/mol. The van der Waals surface area contributed by atoms with E-state index < -0.39 is 24.9 Å². The Morgan fingerprint density at radius 3 is 2.38 bits per heavy atom. The quantitative estimate of drug-likeness (QED) is 0.845. The van der Waals surface area contributed by atoms with Crippen molar-refractivity contribution >= 4 is 5.97 Å². The summed E-state index contributed by atoms with van der Waals surface area (Å²) >= 11 is 0. The summed E-state index contributed by atoms with van der Waals surface area (Å²) in [5, 5.41) is 8.75. The zero-order valence-corrected chi connectivity index (χ0v) is 8.69. The third-order valence-electron chi connectivity index (χ3n) is 2.13. The number of rotatable bonds is 5. The number of hydrogen-bond donors (Lipinski definition) is 1. The topological polar surface area (TPSA) is 46.5 Å². The molecule has 16 heavy (non-hydrogen) atoms. The summed E-state index contributed by atoms with van der Waals surface area (Å²) in [7, 11) is 0. The normalized spacial score (nSPS) is 12.5. The number of carboxylic acids is 1. The first-order chi connectivity index (χ1) is 7.50. The van der Waals surface area contributed by atoms with Gasteiger partial charge in [0.25, 0.3) is 6.43 Å². The van der Waals surface area contributed by atoms with Crippen LogP contribution in [0.5, 0.6) is 5.75 Å². The molecule has 1 unspecified atom stereocenters. The van der Waals surface area contributed by atoms with Crippen molar-refractivity contribution < 1.29 is 23.4 Å². The molecule has 88 valence electrons. The lowest BCUT2D eigenvalue weighted by molar-refractivity contribution is -0.138. The van der Waals surface area contributed by atoms with E-state index in [1.165, 1.54) is 12.1 Å². The average Bonchev–Trinajstić information content (AvgIpc) is 2.26. The summed E-state index contributed by atoms with van der Waals surface area (Å²) in [6.45, 7) is 0.894. The van der Waals surface area contributed by atoms with E-state index in [0.29, 0.717) is 11.3 Å². The molecule has 0 bridgehead atoms. The lowest BCUT2D eigenvalue weighted by atomic mass is 10.0. The van der Waals surface area contributed by atoms with Crippen LogP contribution in [0.15, 0.2) is 24.3 Å². The van der Waals surface area contributed by atoms with Gasteiger partial charge in [0, 0.05) is 0 Å². The van der Waals surface area contributed by atoms with Crippen molar-refractivity contribution in [2.45, 2.75) is 19.3 Å². The van der Waals surface area contributed by atoms with E-state index in [1.54, 1.807) is 19.1 Å². The smallest absolute Gasteiger partial charge is 0.310 e. The minimum Gasteiger partial charge on any atom is -0.488 e. The molecule has 0 fully saturated rings. The standard InChI is InChI=1S/C11H12F2O3/c1-7(11(14)15)8-2-4-9(5-3-8)16-6-10(12)13/h2-5,7,10H,6H2,1H3,(H,14,15). The molecule has 1 aromatic rings. The third-order valence-corrected chi connectivity index (χ3v) is 2.13. The van der Waals surface area contributed by atoms with Gasteiger partial charge in [0.2, 0.25) is 0 Å². The van der Waals surface area contributed by atoms with Crippen LogP contribution in [0.1, 0.15) is 18.4 Å². The molecule has 5 heteroatoms. The Balaban J connectivity index is 2.64. The third kappa shape index (κ3) is 3.49. The molecule has 0 saturated heterocycles. The van der Waals surface area contributed by atoms with Gasteiger partial charge in [-0.05, 0) is 24.6 Å². The van der Waals surface area contributed by atoms with E-state index in [1.807, 2.05) is 0 Å². The van der Waals surface area contributed by atoms with E-state index >= 15 is 0 Å². The molecule has 0 aliphatic carbocycles. The average molecular weight is 230 g/mol. The van der Waals surface area contributed by atoms with Gasteiger partial charge in [-0.2, -0.15) is 0 Å². The highest BCUT2D eigenvalue weighted by molar-refractivity contribution is 5.75. The van der Waals surface area contributed by atoms with Crippen molar-refractivity contribution in [3.63, 3.8) is 0 Å². The summed E-state index contributed by atoms with van der Waals surface area (Å²) < 4.78 is 28.4. The number of aliphatic carboxylic acids is 1. The number of halogens is 2. The summed E-state index contributed by atoms with van der Waals surface area (Å²) in [6, 6.07) is 6.08. The molecule has 3 nitrogen and oxygen atoms in total. The zero-order chi connectivity index (χ0) is 12.1. The Bertz CT molecular complexity index is 349. The Kier molecular flexibility index (Phi) is 4.22. The molecular weight excluding hydrogens is 218 g/mol. The molecule has 0 radical (unpaired) electrons. The van der Waals surface area contributed by atoms with Crippen molar-refractivity contribution in [1.29, 1.82) is 0 Å². The molecule has 0 spiro atoms. The molecule has 0 saturated carbocycles. The van der Waals surface area contributed by atoms with Gasteiger partial charge in [0.1, 0.15) is 12.4 Å². The van der Waals surface area contributed by atoms with Gasteiger partial charge in [0.15, 0.2) is 0 Å². The molecule has 1 N–H and O–H groups in total. The van der Waals surface area contributed by atoms with Crippen molar-refractivity contribution in [2.24, 2.45) is 0 Å². The second kappa shape index (κ2) is 5.44. The molecule has 1 rings (SSSR count). The van der Waals surface area contributed by atoms with Crippen molar-refractivity contribution in [3.8, 4) is 5.75 Å². The molecular formula is C11H12F2O3. The van der Waals surface area contributed by atoms with Crippen LogP contribution >= 0.6 is 0 Å². The number of alkyl halides is 2. The van der Waals surface area contributed by atoms with Gasteiger partial charge in [-0.1, -0.05) is 12.1 Å². The van der Waals surface area contributed by atoms with Crippen LogP contribution in [0.2, 0.25) is 0 Å². The van der Waals surface area contributed by atoms with Crippen LogP contribution in [0, 0.1) is 0 Å². The predicted molar refractivity (Wildman–Crippen MR) is 54.0 cm³/mol. The van der Waals surface area contributed by atoms with E-state index in [0.717, 1.165) is 0 Å². The van der Waals surface area contributed by atoms with Gasteiger partial charge in [-0.15, -0.1) is 0 Å². The predicted octanol–water partition coefficient (Wildman–Crippen LogP) is 2.52. The number of ether oxygens (including phenoxy) is 1. The summed E-state index contributed by atoms with van der Waals surface area (Å²) in [4.78, 5) is 10.7. The van der Waals surface area contributed by atoms with Crippen LogP contribution in [-0.4, -0.2) is 24.1 Å². The van der Waals surface area contributed by atoms with Crippen molar-refractivity contribution in [1.82, 2.24) is 0 Å². The highest BCUT2D eigenvalue weighted by atomic mass is 19.3. The maximum atomic E-state index is 11.8. The second-order valence-electron chi connectivity index (χ2n) is 3.33. The van der Waals surface area contributed by atoms with E-state index in [-0.39, 0.29) is 0 Å².